The van der Waals surface area contributed by atoms with Gasteiger partial charge in [0.25, 0.3) is 0 Å². The molecule has 49 heavy (non-hydrogen) atoms. The number of aliphatic hydroxyl groups is 1. The minimum absolute atomic E-state index is 0.0130. The Labute approximate surface area is 279 Å². The van der Waals surface area contributed by atoms with Gasteiger partial charge in [0.05, 0.1) is 12.1 Å². The second-order valence-electron chi connectivity index (χ2n) is 13.6. The van der Waals surface area contributed by atoms with Gasteiger partial charge in [-0.1, -0.05) is 36.5 Å². The number of anilines is 1. The van der Waals surface area contributed by atoms with Crippen LogP contribution < -0.4 is 10.6 Å². The molecule has 0 spiro atoms. The van der Waals surface area contributed by atoms with Crippen LogP contribution in [0.2, 0.25) is 0 Å². The molecule has 0 aliphatic heterocycles. The van der Waals surface area contributed by atoms with E-state index in [0.29, 0.717) is 42.5 Å². The SMILES string of the molecule is C[C@]12C[C@H](c3ccc(C#CCNC(=O)Nc4ccc(C(=O)O)cc4)cc3)C3=C4CCC(=O)C=C4CC[C@H]3[C@@H]1CC[C@@]2(O)C(F)(F)C(F)(F)F. The van der Waals surface area contributed by atoms with Gasteiger partial charge in [0, 0.05) is 29.0 Å². The first-order chi connectivity index (χ1) is 23.1. The van der Waals surface area contributed by atoms with E-state index in [1.54, 1.807) is 30.3 Å². The molecular weight excluding hydrogens is 647 g/mol. The van der Waals surface area contributed by atoms with E-state index in [4.69, 9.17) is 5.11 Å². The number of carbonyl (C=O) groups excluding carboxylic acids is 2. The van der Waals surface area contributed by atoms with Crippen LogP contribution in [0.25, 0.3) is 0 Å². The summed E-state index contributed by atoms with van der Waals surface area (Å²) in [5, 5.41) is 25.6. The number of hydrogen-bond acceptors (Lipinski definition) is 4. The number of aromatic carboxylic acids is 1. The number of benzene rings is 2. The Morgan fingerprint density at radius 2 is 1.67 bits per heavy atom. The highest BCUT2D eigenvalue weighted by atomic mass is 19.4. The Hall–Kier alpha value is -4.50. The molecule has 2 aromatic carbocycles. The summed E-state index contributed by atoms with van der Waals surface area (Å²) in [5.74, 6) is -2.05. The van der Waals surface area contributed by atoms with Crippen LogP contribution in [-0.4, -0.2) is 52.2 Å². The molecule has 5 atom stereocenters. The molecule has 0 saturated heterocycles. The molecule has 7 nitrogen and oxygen atoms in total. The maximum Gasteiger partial charge on any atom is 0.456 e. The van der Waals surface area contributed by atoms with Crippen LogP contribution >= 0.6 is 0 Å². The molecule has 6 rings (SSSR count). The lowest BCUT2D eigenvalue weighted by Crippen LogP contribution is -2.65. The van der Waals surface area contributed by atoms with Crippen molar-refractivity contribution >= 4 is 23.5 Å². The number of rotatable bonds is 5. The van der Waals surface area contributed by atoms with Gasteiger partial charge in [-0.05, 0) is 110 Å². The van der Waals surface area contributed by atoms with Crippen LogP contribution in [-0.2, 0) is 4.79 Å². The Morgan fingerprint density at radius 3 is 2.33 bits per heavy atom. The molecule has 2 amide bonds. The number of carbonyl (C=O) groups is 3. The van der Waals surface area contributed by atoms with Crippen molar-refractivity contribution in [3.63, 3.8) is 0 Å². The maximum atomic E-state index is 15.2. The number of carboxylic acids is 1. The molecule has 4 aliphatic rings. The fourth-order valence-electron chi connectivity index (χ4n) is 8.66. The number of halogens is 5. The van der Waals surface area contributed by atoms with Crippen molar-refractivity contribution in [2.45, 2.75) is 75.5 Å². The van der Waals surface area contributed by atoms with Gasteiger partial charge in [-0.2, -0.15) is 22.0 Å². The Morgan fingerprint density at radius 1 is 0.980 bits per heavy atom. The average molecular weight is 683 g/mol. The Bertz CT molecular complexity index is 1800. The summed E-state index contributed by atoms with van der Waals surface area (Å²) in [6.07, 6.45) is -3.19. The molecule has 0 heterocycles. The highest BCUT2D eigenvalue weighted by Crippen LogP contribution is 2.70. The van der Waals surface area contributed by atoms with E-state index < -0.39 is 53.4 Å². The fraction of sp³-hybridized carbons (Fsp3) is 0.432. The highest BCUT2D eigenvalue weighted by molar-refractivity contribution is 5.93. The van der Waals surface area contributed by atoms with Gasteiger partial charge >= 0.3 is 24.1 Å². The van der Waals surface area contributed by atoms with Crippen LogP contribution in [0.15, 0.2) is 71.3 Å². The summed E-state index contributed by atoms with van der Waals surface area (Å²) in [7, 11) is 0. The van der Waals surface area contributed by atoms with Crippen molar-refractivity contribution in [3.8, 4) is 11.8 Å². The number of urea groups is 1. The van der Waals surface area contributed by atoms with Crippen LogP contribution in [0.4, 0.5) is 32.4 Å². The highest BCUT2D eigenvalue weighted by Gasteiger charge is 2.79. The summed E-state index contributed by atoms with van der Waals surface area (Å²) in [5.41, 5.74) is -0.374. The third kappa shape index (κ3) is 5.92. The standard InChI is InChI=1S/C37H35F5N2O5/c1-34-20-29(22-6-4-21(5-7-22)3-2-18-43-33(48)44-25-11-8-23(9-12-25)32(46)47)31-27-15-13-26(45)19-24(27)10-14-28(31)30(34)16-17-35(34,49)36(38,39)37(40,41)42/h4-9,11-12,19,28-30,49H,10,13-18,20H2,1H3,(H,46,47)(H2,43,44,48)/t28-,29+,30-,34-,35-/m0/s1. The molecule has 4 aliphatic carbocycles. The van der Waals surface area contributed by atoms with Crippen molar-refractivity contribution < 1.29 is 46.5 Å². The first kappa shape index (κ1) is 34.4. The minimum Gasteiger partial charge on any atom is -0.478 e. The zero-order chi connectivity index (χ0) is 35.4. The molecule has 2 aromatic rings. The van der Waals surface area contributed by atoms with Crippen molar-refractivity contribution in [2.24, 2.45) is 17.3 Å². The third-order valence-electron chi connectivity index (χ3n) is 11.0. The molecule has 12 heteroatoms. The molecule has 0 bridgehead atoms. The van der Waals surface area contributed by atoms with E-state index in [0.717, 1.165) is 16.7 Å². The van der Waals surface area contributed by atoms with Gasteiger partial charge in [0.1, 0.15) is 5.60 Å². The molecule has 2 saturated carbocycles. The van der Waals surface area contributed by atoms with Gasteiger partial charge in [-0.15, -0.1) is 0 Å². The zero-order valence-corrected chi connectivity index (χ0v) is 26.6. The van der Waals surface area contributed by atoms with E-state index in [-0.39, 0.29) is 36.7 Å². The molecule has 0 aromatic heterocycles. The normalized spacial score (nSPS) is 27.9. The number of carboxylic acid groups (broad SMARTS) is 1. The summed E-state index contributed by atoms with van der Waals surface area (Å²) in [4.78, 5) is 35.5. The number of ketones is 1. The van der Waals surface area contributed by atoms with Crippen molar-refractivity contribution in [1.29, 1.82) is 0 Å². The van der Waals surface area contributed by atoms with Crippen LogP contribution in [0.1, 0.15) is 79.3 Å². The maximum absolute atomic E-state index is 15.2. The predicted octanol–water partition coefficient (Wildman–Crippen LogP) is 7.39. The Kier molecular flexibility index (Phi) is 8.72. The average Bonchev–Trinajstić information content (AvgIpc) is 3.33. The van der Waals surface area contributed by atoms with Gasteiger partial charge in [-0.3, -0.25) is 4.79 Å². The molecule has 2 fully saturated rings. The van der Waals surface area contributed by atoms with E-state index in [1.165, 1.54) is 31.2 Å². The third-order valence-corrected chi connectivity index (χ3v) is 11.0. The monoisotopic (exact) mass is 682 g/mol. The molecule has 4 N–H and O–H groups in total. The molecule has 0 radical (unpaired) electrons. The topological polar surface area (TPSA) is 116 Å². The van der Waals surface area contributed by atoms with E-state index in [9.17, 15) is 32.7 Å². The van der Waals surface area contributed by atoms with Crippen LogP contribution in [0, 0.1) is 29.1 Å². The van der Waals surface area contributed by atoms with Crippen molar-refractivity contribution in [1.82, 2.24) is 5.32 Å². The Balaban J connectivity index is 1.24. The quantitative estimate of drug-likeness (QED) is 0.194. The molecule has 258 valence electrons. The van der Waals surface area contributed by atoms with Crippen LogP contribution in [0.3, 0.4) is 0 Å². The van der Waals surface area contributed by atoms with E-state index in [1.807, 2.05) is 0 Å². The summed E-state index contributed by atoms with van der Waals surface area (Å²) < 4.78 is 71.8. The summed E-state index contributed by atoms with van der Waals surface area (Å²) in [6, 6.07) is 12.1. The van der Waals surface area contributed by atoms with Gasteiger partial charge in [0.15, 0.2) is 5.78 Å². The van der Waals surface area contributed by atoms with Crippen molar-refractivity contribution in [2.75, 3.05) is 11.9 Å². The first-order valence-corrected chi connectivity index (χ1v) is 16.2. The van der Waals surface area contributed by atoms with Crippen LogP contribution in [0.5, 0.6) is 0 Å². The molecule has 0 unspecified atom stereocenters. The number of alkyl halides is 5. The summed E-state index contributed by atoms with van der Waals surface area (Å²) >= 11 is 0. The number of nitrogens with one attached hydrogen (secondary N) is 2. The molecular formula is C37H35F5N2O5. The number of hydrogen-bond donors (Lipinski definition) is 4. The second-order valence-corrected chi connectivity index (χ2v) is 13.6. The predicted molar refractivity (Wildman–Crippen MR) is 170 cm³/mol. The fourth-order valence-corrected chi connectivity index (χ4v) is 8.66. The zero-order valence-electron chi connectivity index (χ0n) is 26.6. The lowest BCUT2D eigenvalue weighted by molar-refractivity contribution is -0.362. The second kappa shape index (κ2) is 12.4. The lowest BCUT2D eigenvalue weighted by atomic mass is 9.50. The minimum atomic E-state index is -5.91. The number of allylic oxidation sites excluding steroid dienone is 4. The first-order valence-electron chi connectivity index (χ1n) is 16.2. The largest absolute Gasteiger partial charge is 0.478 e. The van der Waals surface area contributed by atoms with Gasteiger partial charge in [-0.25, -0.2) is 9.59 Å². The smallest absolute Gasteiger partial charge is 0.456 e. The van der Waals surface area contributed by atoms with E-state index >= 15 is 8.78 Å². The number of fused-ring (bicyclic) bond motifs is 4. The van der Waals surface area contributed by atoms with E-state index in [2.05, 4.69) is 22.5 Å². The van der Waals surface area contributed by atoms with Gasteiger partial charge in [0.2, 0.25) is 0 Å². The summed E-state index contributed by atoms with van der Waals surface area (Å²) in [6.45, 7) is 1.38. The van der Waals surface area contributed by atoms with Crippen molar-refractivity contribution in [3.05, 3.63) is 88.0 Å². The lowest BCUT2D eigenvalue weighted by Gasteiger charge is -2.56. The van der Waals surface area contributed by atoms with Gasteiger partial charge < -0.3 is 20.8 Å². The number of amides is 2.